The van der Waals surface area contributed by atoms with Gasteiger partial charge in [-0.2, -0.15) is 0 Å². The van der Waals surface area contributed by atoms with Gasteiger partial charge in [-0.1, -0.05) is 48.6 Å². The average molecular weight is 201 g/mol. The summed E-state index contributed by atoms with van der Waals surface area (Å²) in [6.45, 7) is 0. The monoisotopic (exact) mass is 201 g/mol. The molecule has 0 saturated heterocycles. The highest BCUT2D eigenvalue weighted by Gasteiger charge is 2.17. The van der Waals surface area contributed by atoms with E-state index >= 15 is 0 Å². The maximum absolute atomic E-state index is 8.50. The molecule has 78 valence electrons. The molecule has 1 aromatic carbocycles. The Labute approximate surface area is 89.7 Å². The lowest BCUT2D eigenvalue weighted by Crippen LogP contribution is -2.04. The highest BCUT2D eigenvalue weighted by atomic mass is 15.1. The largest absolute Gasteiger partial charge is 0.0620 e. The molecule has 0 aliphatic heterocycles. The van der Waals surface area contributed by atoms with Gasteiger partial charge in [0.25, 0.3) is 0 Å². The molecule has 3 heteroatoms. The molecule has 1 aliphatic carbocycles. The topological polar surface area (TPSA) is 48.8 Å². The van der Waals surface area contributed by atoms with Crippen LogP contribution in [0, 0.1) is 0 Å². The Bertz CT molecular complexity index is 374. The van der Waals surface area contributed by atoms with Crippen molar-refractivity contribution in [1.82, 2.24) is 0 Å². The van der Waals surface area contributed by atoms with Gasteiger partial charge in [-0.25, -0.2) is 0 Å². The van der Waals surface area contributed by atoms with Crippen molar-refractivity contribution in [2.45, 2.75) is 38.0 Å². The lowest BCUT2D eigenvalue weighted by atomic mass is 9.83. The molecule has 0 N–H and O–H groups in total. The molecule has 1 aromatic rings. The normalized spacial score (nSPS) is 17.1. The maximum atomic E-state index is 8.50. The molecule has 2 rings (SSSR count). The van der Waals surface area contributed by atoms with Gasteiger partial charge in [0, 0.05) is 10.6 Å². The molecule has 1 fully saturated rings. The first-order chi connectivity index (χ1) is 7.42. The van der Waals surface area contributed by atoms with E-state index in [0.29, 0.717) is 5.92 Å². The molecule has 0 aromatic heterocycles. The molecule has 0 radical (unpaired) electrons. The minimum Gasteiger partial charge on any atom is -0.0620 e. The first kappa shape index (κ1) is 10.1. The molecule has 0 unspecified atom stereocenters. The van der Waals surface area contributed by atoms with Crippen LogP contribution in [0.4, 0.5) is 5.69 Å². The second-order valence-corrected chi connectivity index (χ2v) is 4.08. The number of hydrogen-bond donors (Lipinski definition) is 0. The third kappa shape index (κ3) is 2.31. The third-order valence-electron chi connectivity index (χ3n) is 3.13. The first-order valence-electron chi connectivity index (χ1n) is 5.56. The van der Waals surface area contributed by atoms with Crippen LogP contribution in [0.3, 0.4) is 0 Å². The van der Waals surface area contributed by atoms with Crippen molar-refractivity contribution in [3.05, 3.63) is 40.3 Å². The summed E-state index contributed by atoms with van der Waals surface area (Å²) in [5.74, 6) is 0.598. The Morgan fingerprint density at radius 1 is 1.13 bits per heavy atom. The van der Waals surface area contributed by atoms with Gasteiger partial charge in [-0.3, -0.25) is 0 Å². The van der Waals surface area contributed by atoms with E-state index in [0.717, 1.165) is 5.69 Å². The zero-order valence-electron chi connectivity index (χ0n) is 8.76. The standard InChI is InChI=1S/C12H15N3/c13-15-14-12-9-5-4-8-11(12)10-6-2-1-3-7-10/h4-5,8-10H,1-3,6-7H2. The van der Waals surface area contributed by atoms with Crippen molar-refractivity contribution >= 4 is 5.69 Å². The van der Waals surface area contributed by atoms with E-state index in [-0.39, 0.29) is 0 Å². The van der Waals surface area contributed by atoms with E-state index in [1.54, 1.807) is 0 Å². The van der Waals surface area contributed by atoms with Crippen LogP contribution >= 0.6 is 0 Å². The van der Waals surface area contributed by atoms with Gasteiger partial charge in [0.05, 0.1) is 0 Å². The summed E-state index contributed by atoms with van der Waals surface area (Å²) in [4.78, 5) is 2.89. The van der Waals surface area contributed by atoms with E-state index in [1.807, 2.05) is 18.2 Å². The number of hydrogen-bond acceptors (Lipinski definition) is 1. The number of benzene rings is 1. The van der Waals surface area contributed by atoms with Crippen LogP contribution in [0.1, 0.15) is 43.6 Å². The van der Waals surface area contributed by atoms with E-state index in [1.165, 1.54) is 37.7 Å². The highest BCUT2D eigenvalue weighted by molar-refractivity contribution is 5.47. The predicted molar refractivity (Wildman–Crippen MR) is 61.1 cm³/mol. The Morgan fingerprint density at radius 2 is 1.87 bits per heavy atom. The lowest BCUT2D eigenvalue weighted by Gasteiger charge is -2.23. The quantitative estimate of drug-likeness (QED) is 0.379. The Morgan fingerprint density at radius 3 is 2.60 bits per heavy atom. The fraction of sp³-hybridized carbons (Fsp3) is 0.500. The van der Waals surface area contributed by atoms with Crippen molar-refractivity contribution in [2.75, 3.05) is 0 Å². The lowest BCUT2D eigenvalue weighted by molar-refractivity contribution is 0.444. The minimum absolute atomic E-state index is 0.598. The van der Waals surface area contributed by atoms with Gasteiger partial charge >= 0.3 is 0 Å². The van der Waals surface area contributed by atoms with E-state index < -0.39 is 0 Å². The van der Waals surface area contributed by atoms with Gasteiger partial charge in [0.2, 0.25) is 0 Å². The van der Waals surface area contributed by atoms with E-state index in [9.17, 15) is 0 Å². The SMILES string of the molecule is [N-]=[N+]=Nc1ccccc1C1CCCCC1. The third-order valence-corrected chi connectivity index (χ3v) is 3.13. The molecular formula is C12H15N3. The van der Waals surface area contributed by atoms with Crippen LogP contribution in [0.15, 0.2) is 29.4 Å². The zero-order chi connectivity index (χ0) is 10.5. The molecule has 3 nitrogen and oxygen atoms in total. The molecule has 0 bridgehead atoms. The van der Waals surface area contributed by atoms with Gasteiger partial charge in [0.1, 0.15) is 0 Å². The second-order valence-electron chi connectivity index (χ2n) is 4.08. The maximum Gasteiger partial charge on any atom is 0.0410 e. The first-order valence-corrected chi connectivity index (χ1v) is 5.56. The van der Waals surface area contributed by atoms with Gasteiger partial charge in [0.15, 0.2) is 0 Å². The summed E-state index contributed by atoms with van der Waals surface area (Å²) in [5, 5.41) is 3.76. The molecule has 0 atom stereocenters. The number of azide groups is 1. The van der Waals surface area contributed by atoms with E-state index in [4.69, 9.17) is 5.53 Å². The fourth-order valence-corrected chi connectivity index (χ4v) is 2.39. The van der Waals surface area contributed by atoms with Crippen LogP contribution in [0.25, 0.3) is 10.4 Å². The second kappa shape index (κ2) is 4.85. The summed E-state index contributed by atoms with van der Waals surface area (Å²) in [6.07, 6.45) is 6.42. The van der Waals surface area contributed by atoms with E-state index in [2.05, 4.69) is 16.1 Å². The number of nitrogens with zero attached hydrogens (tertiary/aromatic N) is 3. The molecule has 1 saturated carbocycles. The summed E-state index contributed by atoms with van der Waals surface area (Å²) < 4.78 is 0. The van der Waals surface area contributed by atoms with Crippen LogP contribution in [-0.4, -0.2) is 0 Å². The smallest absolute Gasteiger partial charge is 0.0410 e. The van der Waals surface area contributed by atoms with Gasteiger partial charge in [-0.05, 0) is 29.9 Å². The van der Waals surface area contributed by atoms with Crippen molar-refractivity contribution in [1.29, 1.82) is 0 Å². The molecule has 0 amide bonds. The molecular weight excluding hydrogens is 186 g/mol. The van der Waals surface area contributed by atoms with Crippen LogP contribution in [0.2, 0.25) is 0 Å². The summed E-state index contributed by atoms with van der Waals surface area (Å²) in [7, 11) is 0. The predicted octanol–water partition coefficient (Wildman–Crippen LogP) is 4.68. The molecule has 0 spiro atoms. The van der Waals surface area contributed by atoms with Crippen molar-refractivity contribution in [3.8, 4) is 0 Å². The van der Waals surface area contributed by atoms with Gasteiger partial charge < -0.3 is 0 Å². The molecule has 1 aliphatic rings. The fourth-order valence-electron chi connectivity index (χ4n) is 2.39. The average Bonchev–Trinajstić information content (AvgIpc) is 2.31. The van der Waals surface area contributed by atoms with Crippen LogP contribution in [0.5, 0.6) is 0 Å². The highest BCUT2D eigenvalue weighted by Crippen LogP contribution is 2.37. The molecule has 0 heterocycles. The van der Waals surface area contributed by atoms with Crippen molar-refractivity contribution < 1.29 is 0 Å². The molecule has 15 heavy (non-hydrogen) atoms. The van der Waals surface area contributed by atoms with Crippen molar-refractivity contribution in [3.63, 3.8) is 0 Å². The Hall–Kier alpha value is -1.47. The summed E-state index contributed by atoms with van der Waals surface area (Å²) in [6, 6.07) is 7.96. The summed E-state index contributed by atoms with van der Waals surface area (Å²) >= 11 is 0. The Balaban J connectivity index is 2.28. The summed E-state index contributed by atoms with van der Waals surface area (Å²) in [5.41, 5.74) is 10.5. The van der Waals surface area contributed by atoms with Crippen LogP contribution < -0.4 is 0 Å². The minimum atomic E-state index is 0.598. The zero-order valence-corrected chi connectivity index (χ0v) is 8.76. The van der Waals surface area contributed by atoms with Gasteiger partial charge in [-0.15, -0.1) is 0 Å². The number of rotatable bonds is 2. The van der Waals surface area contributed by atoms with Crippen LogP contribution in [-0.2, 0) is 0 Å². The van der Waals surface area contributed by atoms with Crippen molar-refractivity contribution in [2.24, 2.45) is 5.11 Å². The Kier molecular flexibility index (Phi) is 3.25.